The van der Waals surface area contributed by atoms with Crippen molar-refractivity contribution >= 4 is 58.0 Å². The Bertz CT molecular complexity index is 500. The van der Waals surface area contributed by atoms with Crippen LogP contribution in [0.1, 0.15) is 11.1 Å². The molecular weight excluding hydrogens is 341 g/mol. The highest BCUT2D eigenvalue weighted by atomic mass is 35.6. The van der Waals surface area contributed by atoms with Crippen LogP contribution in [0.5, 0.6) is 0 Å². The minimum absolute atomic E-state index is 0.0237. The van der Waals surface area contributed by atoms with Gasteiger partial charge in [-0.3, -0.25) is 0 Å². The summed E-state index contributed by atoms with van der Waals surface area (Å²) in [5.41, 5.74) is 7.27. The number of hydrogen-bond donors (Lipinski definition) is 2. The van der Waals surface area contributed by atoms with Crippen molar-refractivity contribution in [3.63, 3.8) is 0 Å². The molecule has 0 spiro atoms. The average Bonchev–Trinajstić information content (AvgIpc) is 2.34. The fourth-order valence-corrected chi connectivity index (χ4v) is 1.80. The van der Waals surface area contributed by atoms with Crippen molar-refractivity contribution < 1.29 is 4.74 Å². The van der Waals surface area contributed by atoms with Gasteiger partial charge in [-0.05, 0) is 31.3 Å². The average molecular weight is 355 g/mol. The van der Waals surface area contributed by atoms with Gasteiger partial charge in [0.15, 0.2) is 11.3 Å². The van der Waals surface area contributed by atoms with Gasteiger partial charge in [-0.1, -0.05) is 52.5 Å². The van der Waals surface area contributed by atoms with Gasteiger partial charge in [-0.2, -0.15) is 0 Å². The number of nitrogens with one attached hydrogen (secondary N) is 1. The van der Waals surface area contributed by atoms with Crippen molar-refractivity contribution in [3.8, 4) is 0 Å². The molecule has 0 bridgehead atoms. The summed E-state index contributed by atoms with van der Waals surface area (Å²) >= 11 is 22.3. The Balaban J connectivity index is 3.11. The minimum Gasteiger partial charge on any atom is -0.481 e. The maximum absolute atomic E-state index is 5.85. The molecule has 1 unspecified atom stereocenters. The van der Waals surface area contributed by atoms with E-state index in [1.54, 1.807) is 0 Å². The number of alkyl halides is 3. The van der Waals surface area contributed by atoms with Crippen LogP contribution >= 0.6 is 47.0 Å². The predicted molar refractivity (Wildman–Crippen MR) is 88.7 cm³/mol. The number of rotatable bonds is 3. The second-order valence-electron chi connectivity index (χ2n) is 3.96. The van der Waals surface area contributed by atoms with Crippen molar-refractivity contribution in [1.82, 2.24) is 5.32 Å². The van der Waals surface area contributed by atoms with Crippen LogP contribution < -0.4 is 11.1 Å². The molecule has 0 saturated carbocycles. The van der Waals surface area contributed by atoms with E-state index < -0.39 is 9.96 Å². The Morgan fingerprint density at radius 1 is 1.35 bits per heavy atom. The van der Waals surface area contributed by atoms with Crippen LogP contribution in [-0.2, 0) is 4.74 Å². The first-order valence-electron chi connectivity index (χ1n) is 5.55. The van der Waals surface area contributed by atoms with Crippen molar-refractivity contribution in [2.45, 2.75) is 16.9 Å². The van der Waals surface area contributed by atoms with Crippen molar-refractivity contribution in [2.75, 3.05) is 7.11 Å². The Hall–Kier alpha value is -0.750. The maximum atomic E-state index is 5.85. The summed E-state index contributed by atoms with van der Waals surface area (Å²) in [6, 6.07) is 7.56. The highest BCUT2D eigenvalue weighted by Gasteiger charge is 2.33. The van der Waals surface area contributed by atoms with E-state index in [0.717, 1.165) is 11.1 Å². The zero-order valence-electron chi connectivity index (χ0n) is 10.9. The molecule has 0 aromatic heterocycles. The molecule has 1 rings (SSSR count). The second kappa shape index (κ2) is 7.31. The van der Waals surface area contributed by atoms with Crippen molar-refractivity contribution in [1.29, 1.82) is 0 Å². The van der Waals surface area contributed by atoms with Gasteiger partial charge in [0.2, 0.25) is 9.69 Å². The molecular formula is C12H14Cl3N3OS. The quantitative estimate of drug-likeness (QED) is 0.379. The van der Waals surface area contributed by atoms with E-state index in [4.69, 9.17) is 57.5 Å². The number of halogens is 3. The molecule has 0 aliphatic heterocycles. The van der Waals surface area contributed by atoms with Crippen LogP contribution in [0, 0.1) is 6.92 Å². The van der Waals surface area contributed by atoms with Gasteiger partial charge in [-0.15, -0.1) is 0 Å². The number of nitrogens with zero attached hydrogens (tertiary/aromatic N) is 1. The molecule has 1 aromatic rings. The lowest BCUT2D eigenvalue weighted by atomic mass is 10.1. The summed E-state index contributed by atoms with van der Waals surface area (Å²) < 4.78 is 3.51. The molecule has 0 fully saturated rings. The molecule has 0 heterocycles. The fourth-order valence-electron chi connectivity index (χ4n) is 1.38. The van der Waals surface area contributed by atoms with E-state index in [2.05, 4.69) is 10.3 Å². The molecule has 0 aliphatic carbocycles. The largest absolute Gasteiger partial charge is 0.481 e. The van der Waals surface area contributed by atoms with Gasteiger partial charge in [0.1, 0.15) is 0 Å². The Morgan fingerprint density at radius 2 is 1.90 bits per heavy atom. The van der Waals surface area contributed by atoms with E-state index in [1.807, 2.05) is 31.2 Å². The molecule has 0 amide bonds. The van der Waals surface area contributed by atoms with Gasteiger partial charge in [0, 0.05) is 5.56 Å². The molecule has 1 atom stereocenters. The number of methoxy groups -OCH3 is 1. The van der Waals surface area contributed by atoms with Crippen LogP contribution in [0.4, 0.5) is 0 Å². The monoisotopic (exact) mass is 353 g/mol. The topological polar surface area (TPSA) is 59.6 Å². The molecule has 0 aliphatic rings. The summed E-state index contributed by atoms with van der Waals surface area (Å²) in [4.78, 5) is 4.23. The van der Waals surface area contributed by atoms with Gasteiger partial charge >= 0.3 is 0 Å². The number of ether oxygens (including phenoxy) is 1. The predicted octanol–water partition coefficient (Wildman–Crippen LogP) is 2.92. The highest BCUT2D eigenvalue weighted by Crippen LogP contribution is 2.31. The zero-order chi connectivity index (χ0) is 15.3. The normalized spacial score (nSPS) is 13.8. The minimum atomic E-state index is -1.72. The van der Waals surface area contributed by atoms with Crippen LogP contribution in [0.3, 0.4) is 0 Å². The Labute approximate surface area is 138 Å². The maximum Gasteiger partial charge on any atom is 0.230 e. The molecule has 20 heavy (non-hydrogen) atoms. The van der Waals surface area contributed by atoms with E-state index in [9.17, 15) is 0 Å². The lowest BCUT2D eigenvalue weighted by molar-refractivity contribution is 0.397. The smallest absolute Gasteiger partial charge is 0.230 e. The van der Waals surface area contributed by atoms with E-state index >= 15 is 0 Å². The van der Waals surface area contributed by atoms with Crippen molar-refractivity contribution in [2.24, 2.45) is 10.7 Å². The summed E-state index contributed by atoms with van der Waals surface area (Å²) in [5.74, 6) is 0.310. The molecule has 110 valence electrons. The standard InChI is InChI=1S/C12H14Cl3N3OS/c1-7-3-5-8(6-4-7)9(19-2)17-10(12(13,14)15)18-11(16)20/h3-6,10H,1-2H3,(H3,16,18,20)/b17-9-. The van der Waals surface area contributed by atoms with Crippen molar-refractivity contribution in [3.05, 3.63) is 35.4 Å². The first-order chi connectivity index (χ1) is 9.24. The Morgan fingerprint density at radius 3 is 2.30 bits per heavy atom. The third-order valence-electron chi connectivity index (χ3n) is 2.33. The van der Waals surface area contributed by atoms with Gasteiger partial charge in [0.25, 0.3) is 0 Å². The first-order valence-corrected chi connectivity index (χ1v) is 7.09. The van der Waals surface area contributed by atoms with Gasteiger partial charge < -0.3 is 15.8 Å². The third-order valence-corrected chi connectivity index (χ3v) is 3.07. The van der Waals surface area contributed by atoms with Crippen LogP contribution in [-0.4, -0.2) is 28.1 Å². The number of benzene rings is 1. The van der Waals surface area contributed by atoms with Crippen LogP contribution in [0.15, 0.2) is 29.3 Å². The van der Waals surface area contributed by atoms with Gasteiger partial charge in [0.05, 0.1) is 7.11 Å². The lowest BCUT2D eigenvalue weighted by Gasteiger charge is -2.22. The second-order valence-corrected chi connectivity index (χ2v) is 6.77. The highest BCUT2D eigenvalue weighted by molar-refractivity contribution is 7.80. The number of hydrogen-bond acceptors (Lipinski definition) is 3. The van der Waals surface area contributed by atoms with E-state index in [1.165, 1.54) is 7.11 Å². The number of aliphatic imine (C=N–C) groups is 1. The number of aryl methyl sites for hydroxylation is 1. The summed E-state index contributed by atoms with van der Waals surface area (Å²) in [5, 5.41) is 2.59. The fraction of sp³-hybridized carbons (Fsp3) is 0.333. The van der Waals surface area contributed by atoms with E-state index in [0.29, 0.717) is 5.90 Å². The van der Waals surface area contributed by atoms with Gasteiger partial charge in [-0.25, -0.2) is 4.99 Å². The molecule has 3 N–H and O–H groups in total. The third kappa shape index (κ3) is 5.32. The van der Waals surface area contributed by atoms with Crippen LogP contribution in [0.25, 0.3) is 0 Å². The molecule has 0 saturated heterocycles. The first kappa shape index (κ1) is 17.3. The lowest BCUT2D eigenvalue weighted by Crippen LogP contribution is -2.45. The molecule has 1 aromatic carbocycles. The SMILES string of the molecule is CO/C(=N\C(NC(N)=S)C(Cl)(Cl)Cl)c1ccc(C)cc1. The van der Waals surface area contributed by atoms with E-state index in [-0.39, 0.29) is 5.11 Å². The summed E-state index contributed by atoms with van der Waals surface area (Å²) in [7, 11) is 1.48. The molecule has 8 heteroatoms. The summed E-state index contributed by atoms with van der Waals surface area (Å²) in [6.45, 7) is 1.98. The van der Waals surface area contributed by atoms with Crippen LogP contribution in [0.2, 0.25) is 0 Å². The summed E-state index contributed by atoms with van der Waals surface area (Å²) in [6.07, 6.45) is -0.957. The number of thiocarbonyl (C=S) groups is 1. The zero-order valence-corrected chi connectivity index (χ0v) is 13.9. The Kier molecular flexibility index (Phi) is 6.33. The number of nitrogens with two attached hydrogens (primary N) is 1. The molecule has 0 radical (unpaired) electrons. The molecule has 4 nitrogen and oxygen atoms in total.